The Morgan fingerprint density at radius 1 is 1.69 bits per heavy atom. The number of pyridine rings is 1. The van der Waals surface area contributed by atoms with Gasteiger partial charge in [0.15, 0.2) is 0 Å². The Bertz CT molecular complexity index is 314. The van der Waals surface area contributed by atoms with Gasteiger partial charge in [0.2, 0.25) is 0 Å². The summed E-state index contributed by atoms with van der Waals surface area (Å²) in [6.07, 6.45) is 1.75. The van der Waals surface area contributed by atoms with Crippen molar-refractivity contribution in [2.75, 3.05) is 5.73 Å². The number of aliphatic carboxylic acids is 1. The molecule has 0 aliphatic carbocycles. The summed E-state index contributed by atoms with van der Waals surface area (Å²) in [6.45, 7) is 0. The molecule has 13 heavy (non-hydrogen) atoms. The monoisotopic (exact) mass is 181 g/mol. The maximum absolute atomic E-state index is 10.4. The summed E-state index contributed by atoms with van der Waals surface area (Å²) in [5, 5.41) is 8.55. The minimum atomic E-state index is -1.04. The molecule has 0 radical (unpaired) electrons. The zero-order valence-electron chi connectivity index (χ0n) is 6.97. The van der Waals surface area contributed by atoms with Crippen molar-refractivity contribution >= 4 is 11.8 Å². The van der Waals surface area contributed by atoms with Crippen LogP contribution in [0.5, 0.6) is 0 Å². The lowest BCUT2D eigenvalue weighted by Gasteiger charge is -2.07. The minimum Gasteiger partial charge on any atom is -0.480 e. The number of carboxylic acid groups (broad SMARTS) is 1. The lowest BCUT2D eigenvalue weighted by molar-refractivity contribution is -0.138. The second-order valence-corrected chi connectivity index (χ2v) is 2.70. The van der Waals surface area contributed by atoms with Crippen LogP contribution in [0.1, 0.15) is 5.56 Å². The molecule has 0 bridgehead atoms. The van der Waals surface area contributed by atoms with Gasteiger partial charge >= 0.3 is 5.97 Å². The van der Waals surface area contributed by atoms with Crippen molar-refractivity contribution in [1.82, 2.24) is 4.98 Å². The van der Waals surface area contributed by atoms with Crippen molar-refractivity contribution in [1.29, 1.82) is 0 Å². The number of carboxylic acids is 1. The molecule has 1 heterocycles. The molecule has 70 valence electrons. The first-order chi connectivity index (χ1) is 6.11. The van der Waals surface area contributed by atoms with E-state index in [0.29, 0.717) is 11.4 Å². The molecule has 5 N–H and O–H groups in total. The molecule has 0 aliphatic heterocycles. The summed E-state index contributed by atoms with van der Waals surface area (Å²) in [5.41, 5.74) is 11.5. The van der Waals surface area contributed by atoms with E-state index >= 15 is 0 Å². The van der Waals surface area contributed by atoms with Crippen molar-refractivity contribution in [3.63, 3.8) is 0 Å². The van der Waals surface area contributed by atoms with Crippen LogP contribution in [-0.4, -0.2) is 22.1 Å². The van der Waals surface area contributed by atoms with Gasteiger partial charge in [0.05, 0.1) is 0 Å². The summed E-state index contributed by atoms with van der Waals surface area (Å²) in [4.78, 5) is 14.2. The van der Waals surface area contributed by atoms with Crippen LogP contribution in [0.15, 0.2) is 18.3 Å². The number of aromatic nitrogens is 1. The molecule has 0 saturated heterocycles. The molecule has 0 aliphatic rings. The number of carbonyl (C=O) groups is 1. The Balaban J connectivity index is 2.74. The highest BCUT2D eigenvalue weighted by atomic mass is 16.4. The quantitative estimate of drug-likeness (QED) is 0.589. The SMILES string of the molecule is Nc1ncccc1CC(N)C(=O)O. The van der Waals surface area contributed by atoms with Gasteiger partial charge in [0, 0.05) is 12.6 Å². The number of hydrogen-bond donors (Lipinski definition) is 3. The fourth-order valence-corrected chi connectivity index (χ4v) is 0.948. The summed E-state index contributed by atoms with van der Waals surface area (Å²) < 4.78 is 0. The van der Waals surface area contributed by atoms with Gasteiger partial charge in [-0.15, -0.1) is 0 Å². The Morgan fingerprint density at radius 2 is 2.38 bits per heavy atom. The third kappa shape index (κ3) is 2.41. The van der Waals surface area contributed by atoms with Gasteiger partial charge in [-0.1, -0.05) is 6.07 Å². The molecule has 1 aromatic rings. The first kappa shape index (κ1) is 9.47. The van der Waals surface area contributed by atoms with Crippen LogP contribution in [0.25, 0.3) is 0 Å². The van der Waals surface area contributed by atoms with E-state index < -0.39 is 12.0 Å². The van der Waals surface area contributed by atoms with E-state index in [0.717, 1.165) is 0 Å². The summed E-state index contributed by atoms with van der Waals surface area (Å²) in [7, 11) is 0. The van der Waals surface area contributed by atoms with Crippen LogP contribution in [0.2, 0.25) is 0 Å². The predicted molar refractivity (Wildman–Crippen MR) is 48.0 cm³/mol. The molecular weight excluding hydrogens is 170 g/mol. The minimum absolute atomic E-state index is 0.203. The second-order valence-electron chi connectivity index (χ2n) is 2.70. The molecular formula is C8H11N3O2. The average molecular weight is 181 g/mol. The van der Waals surface area contributed by atoms with E-state index in [-0.39, 0.29) is 6.42 Å². The second kappa shape index (κ2) is 3.86. The van der Waals surface area contributed by atoms with Crippen molar-refractivity contribution in [2.24, 2.45) is 5.73 Å². The van der Waals surface area contributed by atoms with E-state index in [2.05, 4.69) is 4.98 Å². The first-order valence-electron chi connectivity index (χ1n) is 3.79. The Hall–Kier alpha value is -1.62. The molecule has 5 nitrogen and oxygen atoms in total. The molecule has 1 aromatic heterocycles. The molecule has 0 amide bonds. The van der Waals surface area contributed by atoms with Crippen LogP contribution in [0, 0.1) is 0 Å². The van der Waals surface area contributed by atoms with Crippen molar-refractivity contribution in [2.45, 2.75) is 12.5 Å². The van der Waals surface area contributed by atoms with E-state index in [1.54, 1.807) is 18.3 Å². The van der Waals surface area contributed by atoms with E-state index in [1.165, 1.54) is 0 Å². The number of nitrogen functional groups attached to an aromatic ring is 1. The zero-order chi connectivity index (χ0) is 9.84. The number of nitrogens with zero attached hydrogens (tertiary/aromatic N) is 1. The molecule has 1 unspecified atom stereocenters. The molecule has 0 spiro atoms. The molecule has 0 aromatic carbocycles. The lowest BCUT2D eigenvalue weighted by Crippen LogP contribution is -2.32. The van der Waals surface area contributed by atoms with E-state index in [4.69, 9.17) is 16.6 Å². The highest BCUT2D eigenvalue weighted by Gasteiger charge is 2.13. The van der Waals surface area contributed by atoms with Gasteiger partial charge < -0.3 is 16.6 Å². The summed E-state index contributed by atoms with van der Waals surface area (Å²) >= 11 is 0. The van der Waals surface area contributed by atoms with Gasteiger partial charge in [-0.05, 0) is 11.6 Å². The normalized spacial score (nSPS) is 12.4. The van der Waals surface area contributed by atoms with Crippen LogP contribution in [-0.2, 0) is 11.2 Å². The average Bonchev–Trinajstić information content (AvgIpc) is 2.08. The van der Waals surface area contributed by atoms with Gasteiger partial charge in [0.25, 0.3) is 0 Å². The predicted octanol–water partition coefficient (Wildman–Crippen LogP) is -0.382. The maximum Gasteiger partial charge on any atom is 0.320 e. The smallest absolute Gasteiger partial charge is 0.320 e. The molecule has 1 rings (SSSR count). The topological polar surface area (TPSA) is 102 Å². The van der Waals surface area contributed by atoms with E-state index in [9.17, 15) is 4.79 Å². The Kier molecular flexibility index (Phi) is 2.81. The Labute approximate surface area is 75.4 Å². The first-order valence-corrected chi connectivity index (χ1v) is 3.79. The van der Waals surface area contributed by atoms with E-state index in [1.807, 2.05) is 0 Å². The van der Waals surface area contributed by atoms with Gasteiger partial charge in [-0.2, -0.15) is 0 Å². The summed E-state index contributed by atoms with van der Waals surface area (Å²) in [5.74, 6) is -0.706. The van der Waals surface area contributed by atoms with Gasteiger partial charge in [0.1, 0.15) is 11.9 Å². The third-order valence-corrected chi connectivity index (χ3v) is 1.68. The number of hydrogen-bond acceptors (Lipinski definition) is 4. The fraction of sp³-hybridized carbons (Fsp3) is 0.250. The highest BCUT2D eigenvalue weighted by molar-refractivity contribution is 5.73. The number of nitrogens with two attached hydrogens (primary N) is 2. The van der Waals surface area contributed by atoms with Gasteiger partial charge in [-0.3, -0.25) is 4.79 Å². The molecule has 1 atom stereocenters. The molecule has 0 saturated carbocycles. The summed E-state index contributed by atoms with van der Waals surface area (Å²) in [6, 6.07) is 2.48. The van der Waals surface area contributed by atoms with Crippen molar-refractivity contribution in [3.8, 4) is 0 Å². The van der Waals surface area contributed by atoms with Crippen LogP contribution < -0.4 is 11.5 Å². The van der Waals surface area contributed by atoms with Gasteiger partial charge in [-0.25, -0.2) is 4.98 Å². The fourth-order valence-electron chi connectivity index (χ4n) is 0.948. The number of rotatable bonds is 3. The lowest BCUT2D eigenvalue weighted by atomic mass is 10.1. The Morgan fingerprint density at radius 3 is 2.92 bits per heavy atom. The van der Waals surface area contributed by atoms with Crippen LogP contribution in [0.3, 0.4) is 0 Å². The molecule has 5 heteroatoms. The van der Waals surface area contributed by atoms with Crippen LogP contribution >= 0.6 is 0 Å². The highest BCUT2D eigenvalue weighted by Crippen LogP contribution is 2.08. The number of anilines is 1. The van der Waals surface area contributed by atoms with Crippen LogP contribution in [0.4, 0.5) is 5.82 Å². The standard InChI is InChI=1S/C8H11N3O2/c9-6(8(12)13)4-5-2-1-3-11-7(5)10/h1-3,6H,4,9H2,(H2,10,11)(H,12,13). The van der Waals surface area contributed by atoms with Crippen molar-refractivity contribution in [3.05, 3.63) is 23.9 Å². The zero-order valence-corrected chi connectivity index (χ0v) is 6.97. The largest absolute Gasteiger partial charge is 0.480 e. The molecule has 0 fully saturated rings. The maximum atomic E-state index is 10.4. The van der Waals surface area contributed by atoms with Crippen molar-refractivity contribution < 1.29 is 9.90 Å². The third-order valence-electron chi connectivity index (χ3n) is 1.68.